The van der Waals surface area contributed by atoms with E-state index in [0.717, 1.165) is 40.4 Å². The Kier molecular flexibility index (Phi) is 3.22. The molecule has 0 radical (unpaired) electrons. The van der Waals surface area contributed by atoms with Crippen molar-refractivity contribution in [1.29, 1.82) is 0 Å². The molecule has 1 atom stereocenters. The van der Waals surface area contributed by atoms with Crippen LogP contribution in [0.3, 0.4) is 0 Å². The molecule has 0 aliphatic carbocycles. The molecule has 1 saturated heterocycles. The van der Waals surface area contributed by atoms with Gasteiger partial charge in [0.05, 0.1) is 11.6 Å². The Morgan fingerprint density at radius 3 is 3.11 bits per heavy atom. The molecule has 0 amide bonds. The number of aromatic nitrogens is 1. The average Bonchev–Trinajstić information content (AvgIpc) is 2.85. The SMILES string of the molecule is O=c1c(CC2CCCO2)c[nH]c2cc(Br)ccc12. The zero-order valence-corrected chi connectivity index (χ0v) is 11.5. The Labute approximate surface area is 113 Å². The van der Waals surface area contributed by atoms with Crippen LogP contribution in [0.25, 0.3) is 10.9 Å². The standard InChI is InChI=1S/C14H14BrNO2/c15-10-3-4-12-13(7-10)16-8-9(14(12)17)6-11-2-1-5-18-11/h3-4,7-8,11H,1-2,5-6H2,(H,16,17). The van der Waals surface area contributed by atoms with Crippen LogP contribution in [0.5, 0.6) is 0 Å². The van der Waals surface area contributed by atoms with Crippen molar-refractivity contribution in [1.82, 2.24) is 4.98 Å². The smallest absolute Gasteiger partial charge is 0.192 e. The predicted molar refractivity (Wildman–Crippen MR) is 74.9 cm³/mol. The van der Waals surface area contributed by atoms with E-state index < -0.39 is 0 Å². The van der Waals surface area contributed by atoms with Crippen molar-refractivity contribution in [3.63, 3.8) is 0 Å². The lowest BCUT2D eigenvalue weighted by Crippen LogP contribution is -2.17. The number of ether oxygens (including phenoxy) is 1. The van der Waals surface area contributed by atoms with Crippen LogP contribution >= 0.6 is 15.9 Å². The monoisotopic (exact) mass is 307 g/mol. The minimum Gasteiger partial charge on any atom is -0.378 e. The molecule has 1 aliphatic heterocycles. The largest absolute Gasteiger partial charge is 0.378 e. The molecule has 1 N–H and O–H groups in total. The van der Waals surface area contributed by atoms with Crippen LogP contribution < -0.4 is 5.43 Å². The number of rotatable bonds is 2. The fourth-order valence-corrected chi connectivity index (χ4v) is 2.80. The maximum atomic E-state index is 12.3. The number of aromatic amines is 1. The summed E-state index contributed by atoms with van der Waals surface area (Å²) in [5.41, 5.74) is 1.80. The summed E-state index contributed by atoms with van der Waals surface area (Å²) in [6.07, 6.45) is 4.89. The number of benzene rings is 1. The van der Waals surface area contributed by atoms with Gasteiger partial charge in [-0.2, -0.15) is 0 Å². The maximum Gasteiger partial charge on any atom is 0.192 e. The summed E-state index contributed by atoms with van der Waals surface area (Å²) in [4.78, 5) is 15.5. The first-order chi connectivity index (χ1) is 8.74. The number of halogens is 1. The highest BCUT2D eigenvalue weighted by molar-refractivity contribution is 9.10. The van der Waals surface area contributed by atoms with Gasteiger partial charge in [-0.05, 0) is 31.0 Å². The zero-order valence-electron chi connectivity index (χ0n) is 9.91. The molecular formula is C14H14BrNO2. The molecule has 94 valence electrons. The van der Waals surface area contributed by atoms with Gasteiger partial charge in [0.15, 0.2) is 5.43 Å². The van der Waals surface area contributed by atoms with Crippen molar-refractivity contribution in [3.05, 3.63) is 44.7 Å². The minimum atomic E-state index is 0.117. The molecule has 0 spiro atoms. The van der Waals surface area contributed by atoms with Crippen molar-refractivity contribution in [2.24, 2.45) is 0 Å². The van der Waals surface area contributed by atoms with Crippen LogP contribution in [0, 0.1) is 0 Å². The van der Waals surface area contributed by atoms with E-state index in [0.29, 0.717) is 6.42 Å². The molecule has 4 heteroatoms. The molecule has 2 aromatic rings. The van der Waals surface area contributed by atoms with Gasteiger partial charge >= 0.3 is 0 Å². The third-order valence-corrected chi connectivity index (χ3v) is 3.88. The molecule has 3 nitrogen and oxygen atoms in total. The lowest BCUT2D eigenvalue weighted by molar-refractivity contribution is 0.111. The summed E-state index contributed by atoms with van der Waals surface area (Å²) in [5, 5.41) is 0.744. The van der Waals surface area contributed by atoms with E-state index in [1.165, 1.54) is 0 Å². The van der Waals surface area contributed by atoms with Crippen molar-refractivity contribution < 1.29 is 4.74 Å². The summed E-state index contributed by atoms with van der Waals surface area (Å²) in [7, 11) is 0. The molecule has 1 fully saturated rings. The van der Waals surface area contributed by atoms with Gasteiger partial charge in [0.25, 0.3) is 0 Å². The van der Waals surface area contributed by atoms with Crippen molar-refractivity contribution >= 4 is 26.8 Å². The second kappa shape index (κ2) is 4.86. The van der Waals surface area contributed by atoms with E-state index in [4.69, 9.17) is 4.74 Å². The Balaban J connectivity index is 2.00. The summed E-state index contributed by atoms with van der Waals surface area (Å²) >= 11 is 3.40. The number of H-pyrrole nitrogens is 1. The van der Waals surface area contributed by atoms with Crippen molar-refractivity contribution in [3.8, 4) is 0 Å². The van der Waals surface area contributed by atoms with E-state index >= 15 is 0 Å². The summed E-state index contributed by atoms with van der Waals surface area (Å²) < 4.78 is 6.55. The van der Waals surface area contributed by atoms with Gasteiger partial charge in [-0.3, -0.25) is 4.79 Å². The van der Waals surface area contributed by atoms with Gasteiger partial charge in [0.2, 0.25) is 0 Å². The van der Waals surface area contributed by atoms with E-state index in [1.807, 2.05) is 24.4 Å². The maximum absolute atomic E-state index is 12.3. The van der Waals surface area contributed by atoms with E-state index in [2.05, 4.69) is 20.9 Å². The van der Waals surface area contributed by atoms with Gasteiger partial charge in [0.1, 0.15) is 0 Å². The van der Waals surface area contributed by atoms with Gasteiger partial charge in [-0.15, -0.1) is 0 Å². The number of hydrogen-bond donors (Lipinski definition) is 1. The van der Waals surface area contributed by atoms with Crippen LogP contribution in [-0.4, -0.2) is 17.7 Å². The number of pyridine rings is 1. The fraction of sp³-hybridized carbons (Fsp3) is 0.357. The van der Waals surface area contributed by atoms with Crippen molar-refractivity contribution in [2.45, 2.75) is 25.4 Å². The third kappa shape index (κ3) is 2.22. The van der Waals surface area contributed by atoms with E-state index in [9.17, 15) is 4.79 Å². The molecule has 0 bridgehead atoms. The third-order valence-electron chi connectivity index (χ3n) is 3.39. The van der Waals surface area contributed by atoms with E-state index in [1.54, 1.807) is 0 Å². The van der Waals surface area contributed by atoms with Crippen LogP contribution in [0.4, 0.5) is 0 Å². The van der Waals surface area contributed by atoms with Gasteiger partial charge < -0.3 is 9.72 Å². The molecule has 0 saturated carbocycles. The van der Waals surface area contributed by atoms with E-state index in [-0.39, 0.29) is 11.5 Å². The summed E-state index contributed by atoms with van der Waals surface area (Å²) in [6.45, 7) is 0.823. The van der Waals surface area contributed by atoms with Crippen molar-refractivity contribution in [2.75, 3.05) is 6.61 Å². The zero-order chi connectivity index (χ0) is 12.5. The molecule has 1 aliphatic rings. The lowest BCUT2D eigenvalue weighted by Gasteiger charge is -2.09. The normalized spacial score (nSPS) is 19.5. The number of nitrogens with one attached hydrogen (secondary N) is 1. The molecule has 2 heterocycles. The quantitative estimate of drug-likeness (QED) is 0.926. The van der Waals surface area contributed by atoms with Gasteiger partial charge in [0, 0.05) is 34.6 Å². The topological polar surface area (TPSA) is 42.1 Å². The van der Waals surface area contributed by atoms with Crippen LogP contribution in [0.15, 0.2) is 33.7 Å². The van der Waals surface area contributed by atoms with Crippen LogP contribution in [0.1, 0.15) is 18.4 Å². The Morgan fingerprint density at radius 2 is 2.33 bits per heavy atom. The molecule has 1 aromatic carbocycles. The minimum absolute atomic E-state index is 0.117. The predicted octanol–water partition coefficient (Wildman–Crippen LogP) is 3.01. The average molecular weight is 308 g/mol. The first-order valence-corrected chi connectivity index (χ1v) is 6.95. The summed E-state index contributed by atoms with van der Waals surface area (Å²) in [5.74, 6) is 0. The highest BCUT2D eigenvalue weighted by Crippen LogP contribution is 2.18. The lowest BCUT2D eigenvalue weighted by atomic mass is 10.0. The highest BCUT2D eigenvalue weighted by Gasteiger charge is 2.18. The molecular weight excluding hydrogens is 294 g/mol. The van der Waals surface area contributed by atoms with Gasteiger partial charge in [-0.1, -0.05) is 15.9 Å². The van der Waals surface area contributed by atoms with Crippen LogP contribution in [-0.2, 0) is 11.2 Å². The first-order valence-electron chi connectivity index (χ1n) is 6.15. The Bertz CT molecular complexity index is 629. The van der Waals surface area contributed by atoms with Crippen LogP contribution in [0.2, 0.25) is 0 Å². The second-order valence-electron chi connectivity index (χ2n) is 4.67. The Morgan fingerprint density at radius 1 is 1.44 bits per heavy atom. The highest BCUT2D eigenvalue weighted by atomic mass is 79.9. The Hall–Kier alpha value is -1.13. The fourth-order valence-electron chi connectivity index (χ4n) is 2.44. The molecule has 18 heavy (non-hydrogen) atoms. The number of hydrogen-bond acceptors (Lipinski definition) is 2. The second-order valence-corrected chi connectivity index (χ2v) is 5.59. The van der Waals surface area contributed by atoms with Gasteiger partial charge in [-0.25, -0.2) is 0 Å². The summed E-state index contributed by atoms with van der Waals surface area (Å²) in [6, 6.07) is 5.68. The molecule has 1 unspecified atom stereocenters. The number of fused-ring (bicyclic) bond motifs is 1. The first kappa shape index (κ1) is 11.9. The molecule has 1 aromatic heterocycles. The molecule has 3 rings (SSSR count).